The number of benzene rings is 1. The molecule has 1 atom stereocenters. The average Bonchev–Trinajstić information content (AvgIpc) is 2.69. The zero-order valence-corrected chi connectivity index (χ0v) is 14.0. The molecule has 1 aromatic heterocycles. The number of methoxy groups -OCH3 is 1. The van der Waals surface area contributed by atoms with Gasteiger partial charge in [-0.05, 0) is 55.6 Å². The molecule has 0 amide bonds. The van der Waals surface area contributed by atoms with E-state index in [0.29, 0.717) is 10.8 Å². The zero-order valence-electron chi connectivity index (χ0n) is 9.28. The molecule has 0 radical (unpaired) electrons. The van der Waals surface area contributed by atoms with Crippen LogP contribution in [0.2, 0.25) is 5.02 Å². The van der Waals surface area contributed by atoms with E-state index in [1.807, 2.05) is 6.07 Å². The molecular formula is C12H9Br2ClO2S. The van der Waals surface area contributed by atoms with Crippen LogP contribution < -0.4 is 4.74 Å². The van der Waals surface area contributed by atoms with Gasteiger partial charge >= 0.3 is 0 Å². The first kappa shape index (κ1) is 14.3. The molecule has 18 heavy (non-hydrogen) atoms. The Morgan fingerprint density at radius 2 is 2.06 bits per heavy atom. The SMILES string of the molecule is COc1cc(C(O)c2cc(Br)c(Br)s2)ccc1Cl. The van der Waals surface area contributed by atoms with Crippen LogP contribution in [0, 0.1) is 0 Å². The van der Waals surface area contributed by atoms with Gasteiger partial charge in [-0.25, -0.2) is 0 Å². The minimum atomic E-state index is -0.691. The lowest BCUT2D eigenvalue weighted by molar-refractivity contribution is 0.223. The van der Waals surface area contributed by atoms with Gasteiger partial charge in [0, 0.05) is 9.35 Å². The van der Waals surface area contributed by atoms with Gasteiger partial charge in [-0.2, -0.15) is 0 Å². The van der Waals surface area contributed by atoms with Crippen molar-refractivity contribution in [2.45, 2.75) is 6.10 Å². The van der Waals surface area contributed by atoms with E-state index in [1.165, 1.54) is 11.3 Å². The summed E-state index contributed by atoms with van der Waals surface area (Å²) in [6.45, 7) is 0. The van der Waals surface area contributed by atoms with Crippen molar-refractivity contribution in [2.24, 2.45) is 0 Å². The summed E-state index contributed by atoms with van der Waals surface area (Å²) in [4.78, 5) is 0.845. The van der Waals surface area contributed by atoms with Crippen molar-refractivity contribution >= 4 is 54.8 Å². The molecular weight excluding hydrogens is 403 g/mol. The van der Waals surface area contributed by atoms with E-state index >= 15 is 0 Å². The monoisotopic (exact) mass is 410 g/mol. The third-order valence-corrected chi connectivity index (χ3v) is 6.05. The number of hydrogen-bond donors (Lipinski definition) is 1. The lowest BCUT2D eigenvalue weighted by Gasteiger charge is -2.11. The van der Waals surface area contributed by atoms with Crippen LogP contribution in [0.15, 0.2) is 32.5 Å². The van der Waals surface area contributed by atoms with Gasteiger partial charge in [0.15, 0.2) is 0 Å². The van der Waals surface area contributed by atoms with Crippen molar-refractivity contribution in [1.29, 1.82) is 0 Å². The van der Waals surface area contributed by atoms with Gasteiger partial charge in [0.2, 0.25) is 0 Å². The maximum absolute atomic E-state index is 10.3. The van der Waals surface area contributed by atoms with Crippen molar-refractivity contribution < 1.29 is 9.84 Å². The van der Waals surface area contributed by atoms with E-state index in [9.17, 15) is 5.11 Å². The van der Waals surface area contributed by atoms with Crippen LogP contribution in [0.25, 0.3) is 0 Å². The molecule has 96 valence electrons. The normalized spacial score (nSPS) is 12.5. The Morgan fingerprint density at radius 3 is 2.61 bits per heavy atom. The fourth-order valence-electron chi connectivity index (χ4n) is 1.51. The topological polar surface area (TPSA) is 29.5 Å². The molecule has 0 aliphatic carbocycles. The molecule has 0 aliphatic rings. The Kier molecular flexibility index (Phi) is 4.72. The Morgan fingerprint density at radius 1 is 1.33 bits per heavy atom. The van der Waals surface area contributed by atoms with Crippen LogP contribution in [-0.4, -0.2) is 12.2 Å². The molecule has 0 saturated carbocycles. The molecule has 0 saturated heterocycles. The molecule has 2 nitrogen and oxygen atoms in total. The standard InChI is InChI=1S/C12H9Br2ClO2S/c1-17-9-4-6(2-3-8(9)15)11(16)10-5-7(13)12(14)18-10/h2-5,11,16H,1H3. The predicted molar refractivity (Wildman–Crippen MR) is 81.8 cm³/mol. The molecule has 2 rings (SSSR count). The first-order valence-electron chi connectivity index (χ1n) is 4.99. The van der Waals surface area contributed by atoms with E-state index in [1.54, 1.807) is 25.3 Å². The summed E-state index contributed by atoms with van der Waals surface area (Å²) >= 11 is 14.3. The summed E-state index contributed by atoms with van der Waals surface area (Å²) in [7, 11) is 1.55. The minimum Gasteiger partial charge on any atom is -0.495 e. The highest BCUT2D eigenvalue weighted by molar-refractivity contribution is 9.13. The largest absolute Gasteiger partial charge is 0.495 e. The van der Waals surface area contributed by atoms with Crippen molar-refractivity contribution in [1.82, 2.24) is 0 Å². The van der Waals surface area contributed by atoms with E-state index in [2.05, 4.69) is 31.9 Å². The van der Waals surface area contributed by atoms with Crippen molar-refractivity contribution in [3.8, 4) is 5.75 Å². The fraction of sp³-hybridized carbons (Fsp3) is 0.167. The van der Waals surface area contributed by atoms with Gasteiger partial charge in [-0.15, -0.1) is 11.3 Å². The molecule has 1 N–H and O–H groups in total. The second-order valence-electron chi connectivity index (χ2n) is 3.57. The van der Waals surface area contributed by atoms with Crippen LogP contribution in [0.5, 0.6) is 5.75 Å². The van der Waals surface area contributed by atoms with Crippen molar-refractivity contribution in [3.05, 3.63) is 48.0 Å². The highest BCUT2D eigenvalue weighted by atomic mass is 79.9. The highest BCUT2D eigenvalue weighted by Crippen LogP contribution is 2.38. The van der Waals surface area contributed by atoms with Crippen LogP contribution in [0.4, 0.5) is 0 Å². The molecule has 1 heterocycles. The molecule has 1 unspecified atom stereocenters. The van der Waals surface area contributed by atoms with Crippen molar-refractivity contribution in [2.75, 3.05) is 7.11 Å². The van der Waals surface area contributed by atoms with Crippen LogP contribution in [0.3, 0.4) is 0 Å². The Bertz CT molecular complexity index is 552. The van der Waals surface area contributed by atoms with E-state index in [4.69, 9.17) is 16.3 Å². The maximum Gasteiger partial charge on any atom is 0.137 e. The number of aliphatic hydroxyl groups excluding tert-OH is 1. The molecule has 6 heteroatoms. The summed E-state index contributed by atoms with van der Waals surface area (Å²) in [5, 5.41) is 10.8. The molecule has 0 bridgehead atoms. The maximum atomic E-state index is 10.3. The number of halogens is 3. The first-order valence-corrected chi connectivity index (χ1v) is 7.77. The summed E-state index contributed by atoms with van der Waals surface area (Å²) < 4.78 is 7.03. The molecule has 0 fully saturated rings. The fourth-order valence-corrected chi connectivity index (χ4v) is 3.81. The minimum absolute atomic E-state index is 0.530. The number of rotatable bonds is 3. The lowest BCUT2D eigenvalue weighted by Crippen LogP contribution is -1.97. The quantitative estimate of drug-likeness (QED) is 0.767. The number of thiophene rings is 1. The van der Waals surface area contributed by atoms with E-state index < -0.39 is 6.10 Å². The lowest BCUT2D eigenvalue weighted by atomic mass is 10.1. The predicted octanol–water partition coefficient (Wildman–Crippen LogP) is 5.02. The van der Waals surface area contributed by atoms with Crippen LogP contribution in [0.1, 0.15) is 16.5 Å². The van der Waals surface area contributed by atoms with Crippen LogP contribution in [-0.2, 0) is 0 Å². The molecule has 2 aromatic rings. The Hall–Kier alpha value is -0.0700. The summed E-state index contributed by atoms with van der Waals surface area (Å²) in [6.07, 6.45) is -0.691. The second-order valence-corrected chi connectivity index (χ2v) is 7.23. The number of aliphatic hydroxyl groups is 1. The van der Waals surface area contributed by atoms with E-state index in [-0.39, 0.29) is 0 Å². The number of ether oxygens (including phenoxy) is 1. The number of hydrogen-bond acceptors (Lipinski definition) is 3. The molecule has 0 aliphatic heterocycles. The van der Waals surface area contributed by atoms with Gasteiger partial charge in [0.25, 0.3) is 0 Å². The first-order chi connectivity index (χ1) is 8.52. The van der Waals surface area contributed by atoms with Gasteiger partial charge < -0.3 is 9.84 Å². The molecule has 0 spiro atoms. The average molecular weight is 413 g/mol. The van der Waals surface area contributed by atoms with Gasteiger partial charge in [-0.3, -0.25) is 0 Å². The van der Waals surface area contributed by atoms with E-state index in [0.717, 1.165) is 18.7 Å². The smallest absolute Gasteiger partial charge is 0.137 e. The summed E-state index contributed by atoms with van der Waals surface area (Å²) in [5.41, 5.74) is 0.748. The van der Waals surface area contributed by atoms with Gasteiger partial charge in [0.05, 0.1) is 15.9 Å². The van der Waals surface area contributed by atoms with Gasteiger partial charge in [0.1, 0.15) is 11.9 Å². The second kappa shape index (κ2) is 5.92. The molecule has 1 aromatic carbocycles. The summed E-state index contributed by atoms with van der Waals surface area (Å²) in [6, 6.07) is 7.14. The van der Waals surface area contributed by atoms with Crippen LogP contribution >= 0.6 is 54.8 Å². The third kappa shape index (κ3) is 2.91. The Labute approximate surface area is 131 Å². The zero-order chi connectivity index (χ0) is 13.3. The summed E-state index contributed by atoms with van der Waals surface area (Å²) in [5.74, 6) is 0.558. The highest BCUT2D eigenvalue weighted by Gasteiger charge is 2.16. The van der Waals surface area contributed by atoms with Crippen molar-refractivity contribution in [3.63, 3.8) is 0 Å². The van der Waals surface area contributed by atoms with Gasteiger partial charge in [-0.1, -0.05) is 17.7 Å². The third-order valence-electron chi connectivity index (χ3n) is 2.42. The Balaban J connectivity index is 2.36.